The summed E-state index contributed by atoms with van der Waals surface area (Å²) in [4.78, 5) is 38.6. The molecule has 0 aliphatic heterocycles. The molecule has 7 nitrogen and oxygen atoms in total. The van der Waals surface area contributed by atoms with Crippen molar-refractivity contribution in [2.24, 2.45) is 0 Å². The maximum atomic E-state index is 13.2. The van der Waals surface area contributed by atoms with E-state index in [9.17, 15) is 14.4 Å². The second-order valence-electron chi connectivity index (χ2n) is 7.85. The lowest BCUT2D eigenvalue weighted by Crippen LogP contribution is -2.36. The number of hydrogen-bond donors (Lipinski definition) is 3. The normalized spacial score (nSPS) is 10.8. The molecular formula is C25H19Br3N4O3. The highest BCUT2D eigenvalue weighted by Crippen LogP contribution is 2.25. The average molecular weight is 663 g/mol. The van der Waals surface area contributed by atoms with Crippen molar-refractivity contribution in [3.05, 3.63) is 90.9 Å². The van der Waals surface area contributed by atoms with Crippen molar-refractivity contribution in [3.8, 4) is 0 Å². The Morgan fingerprint density at radius 1 is 0.714 bits per heavy atom. The Morgan fingerprint density at radius 3 is 1.91 bits per heavy atom. The highest BCUT2D eigenvalue weighted by molar-refractivity contribution is 9.11. The number of carbonyl (C=O) groups is 3. The number of nitrogens with one attached hydrogen (secondary N) is 3. The number of nitrogens with zero attached hydrogens (tertiary/aromatic N) is 1. The SMILES string of the molecule is Cc1cc(NC(=O)C(=O)Nn2c(C(=O)Nc3ccc(Br)c(C)c3)cc3cc(Br)ccc32)ccc1Br. The molecule has 0 saturated carbocycles. The molecular weight excluding hydrogens is 644 g/mol. The number of amides is 3. The van der Waals surface area contributed by atoms with Crippen LogP contribution in [0, 0.1) is 13.8 Å². The molecule has 178 valence electrons. The molecule has 0 aliphatic carbocycles. The molecule has 1 heterocycles. The Bertz CT molecular complexity index is 1500. The van der Waals surface area contributed by atoms with Gasteiger partial charge in [-0.2, -0.15) is 0 Å². The van der Waals surface area contributed by atoms with E-state index in [-0.39, 0.29) is 5.69 Å². The number of rotatable bonds is 4. The summed E-state index contributed by atoms with van der Waals surface area (Å²) >= 11 is 10.3. The summed E-state index contributed by atoms with van der Waals surface area (Å²) in [5, 5.41) is 6.14. The molecule has 0 unspecified atom stereocenters. The van der Waals surface area contributed by atoms with E-state index >= 15 is 0 Å². The summed E-state index contributed by atoms with van der Waals surface area (Å²) in [6, 6.07) is 17.7. The van der Waals surface area contributed by atoms with Crippen LogP contribution in [0.3, 0.4) is 0 Å². The number of aryl methyl sites for hydroxylation is 2. The van der Waals surface area contributed by atoms with Crippen LogP contribution in [0.25, 0.3) is 10.9 Å². The first-order chi connectivity index (χ1) is 16.6. The lowest BCUT2D eigenvalue weighted by molar-refractivity contribution is -0.133. The third-order valence-electron chi connectivity index (χ3n) is 5.25. The number of aromatic nitrogens is 1. The third kappa shape index (κ3) is 5.66. The van der Waals surface area contributed by atoms with Gasteiger partial charge in [-0.1, -0.05) is 47.8 Å². The van der Waals surface area contributed by atoms with E-state index in [1.165, 1.54) is 4.68 Å². The Balaban J connectivity index is 1.62. The lowest BCUT2D eigenvalue weighted by Gasteiger charge is -2.13. The molecule has 0 fully saturated rings. The zero-order valence-electron chi connectivity index (χ0n) is 18.6. The van der Waals surface area contributed by atoms with Crippen LogP contribution in [-0.2, 0) is 9.59 Å². The standard InChI is InChI=1S/C25H19Br3N4O3/c1-13-9-17(4-6-19(13)27)29-23(33)22-12-15-11-16(26)3-8-21(15)32(22)31-25(35)24(34)30-18-5-7-20(28)14(2)10-18/h3-12H,1-2H3,(H,29,33)(H,30,34)(H,31,35). The zero-order chi connectivity index (χ0) is 25.3. The van der Waals surface area contributed by atoms with Crippen molar-refractivity contribution in [3.63, 3.8) is 0 Å². The van der Waals surface area contributed by atoms with Gasteiger partial charge in [-0.3, -0.25) is 19.8 Å². The maximum Gasteiger partial charge on any atom is 0.328 e. The summed E-state index contributed by atoms with van der Waals surface area (Å²) < 4.78 is 3.94. The number of halogens is 3. The minimum absolute atomic E-state index is 0.166. The van der Waals surface area contributed by atoms with E-state index in [2.05, 4.69) is 63.8 Å². The topological polar surface area (TPSA) is 92.2 Å². The van der Waals surface area contributed by atoms with Crippen LogP contribution in [0.2, 0.25) is 0 Å². The van der Waals surface area contributed by atoms with Gasteiger partial charge in [-0.25, -0.2) is 4.68 Å². The Morgan fingerprint density at radius 2 is 1.31 bits per heavy atom. The molecule has 3 amide bonds. The van der Waals surface area contributed by atoms with Crippen molar-refractivity contribution in [1.82, 2.24) is 4.68 Å². The molecule has 3 aromatic carbocycles. The predicted octanol–water partition coefficient (Wildman–Crippen LogP) is 6.51. The third-order valence-corrected chi connectivity index (χ3v) is 7.52. The molecule has 1 aromatic heterocycles. The van der Waals surface area contributed by atoms with E-state index in [1.807, 2.05) is 32.0 Å². The van der Waals surface area contributed by atoms with Gasteiger partial charge in [0.25, 0.3) is 5.91 Å². The number of fused-ring (bicyclic) bond motifs is 1. The summed E-state index contributed by atoms with van der Waals surface area (Å²) in [6.07, 6.45) is 0. The van der Waals surface area contributed by atoms with Crippen molar-refractivity contribution >= 4 is 87.8 Å². The van der Waals surface area contributed by atoms with Gasteiger partial charge in [0.15, 0.2) is 0 Å². The summed E-state index contributed by atoms with van der Waals surface area (Å²) in [5.41, 5.74) is 6.24. The zero-order valence-corrected chi connectivity index (χ0v) is 23.3. The van der Waals surface area contributed by atoms with Gasteiger partial charge < -0.3 is 10.6 Å². The van der Waals surface area contributed by atoms with Gasteiger partial charge >= 0.3 is 11.8 Å². The van der Waals surface area contributed by atoms with Crippen LogP contribution < -0.4 is 16.1 Å². The van der Waals surface area contributed by atoms with Crippen molar-refractivity contribution < 1.29 is 14.4 Å². The number of hydrogen-bond acceptors (Lipinski definition) is 3. The summed E-state index contributed by atoms with van der Waals surface area (Å²) in [7, 11) is 0. The largest absolute Gasteiger partial charge is 0.328 e. The molecule has 4 rings (SSSR count). The fourth-order valence-corrected chi connectivity index (χ4v) is 4.33. The summed E-state index contributed by atoms with van der Waals surface area (Å²) in [6.45, 7) is 3.79. The monoisotopic (exact) mass is 660 g/mol. The molecule has 0 aliphatic rings. The van der Waals surface area contributed by atoms with Crippen LogP contribution in [0.4, 0.5) is 11.4 Å². The minimum Gasteiger partial charge on any atom is -0.321 e. The molecule has 0 atom stereocenters. The molecule has 0 radical (unpaired) electrons. The Kier molecular flexibility index (Phi) is 7.44. The highest BCUT2D eigenvalue weighted by Gasteiger charge is 2.21. The smallest absolute Gasteiger partial charge is 0.321 e. The fourth-order valence-electron chi connectivity index (χ4n) is 3.45. The van der Waals surface area contributed by atoms with Crippen molar-refractivity contribution in [1.29, 1.82) is 0 Å². The fraction of sp³-hybridized carbons (Fsp3) is 0.0800. The van der Waals surface area contributed by atoms with Crippen LogP contribution >= 0.6 is 47.8 Å². The number of anilines is 2. The van der Waals surface area contributed by atoms with Crippen molar-refractivity contribution in [2.75, 3.05) is 16.1 Å². The average Bonchev–Trinajstić information content (AvgIpc) is 3.16. The molecule has 0 bridgehead atoms. The molecule has 35 heavy (non-hydrogen) atoms. The quantitative estimate of drug-likeness (QED) is 0.218. The second kappa shape index (κ2) is 10.3. The van der Waals surface area contributed by atoms with Gasteiger partial charge in [0, 0.05) is 30.2 Å². The van der Waals surface area contributed by atoms with Crippen LogP contribution in [-0.4, -0.2) is 22.4 Å². The van der Waals surface area contributed by atoms with E-state index < -0.39 is 17.7 Å². The highest BCUT2D eigenvalue weighted by atomic mass is 79.9. The second-order valence-corrected chi connectivity index (χ2v) is 10.5. The molecule has 0 saturated heterocycles. The van der Waals surface area contributed by atoms with Crippen LogP contribution in [0.15, 0.2) is 74.1 Å². The first-order valence-electron chi connectivity index (χ1n) is 10.4. The van der Waals surface area contributed by atoms with E-state index in [1.54, 1.807) is 42.5 Å². The molecule has 3 N–H and O–H groups in total. The van der Waals surface area contributed by atoms with Gasteiger partial charge in [0.2, 0.25) is 0 Å². The van der Waals surface area contributed by atoms with E-state index in [0.29, 0.717) is 22.3 Å². The van der Waals surface area contributed by atoms with Gasteiger partial charge in [-0.05, 0) is 85.6 Å². The number of benzene rings is 3. The minimum atomic E-state index is -0.917. The van der Waals surface area contributed by atoms with Gasteiger partial charge in [0.1, 0.15) is 5.69 Å². The van der Waals surface area contributed by atoms with Crippen LogP contribution in [0.5, 0.6) is 0 Å². The van der Waals surface area contributed by atoms with Gasteiger partial charge in [0.05, 0.1) is 5.52 Å². The van der Waals surface area contributed by atoms with E-state index in [0.717, 1.165) is 24.5 Å². The molecule has 10 heteroatoms. The maximum absolute atomic E-state index is 13.2. The van der Waals surface area contributed by atoms with E-state index in [4.69, 9.17) is 0 Å². The first-order valence-corrected chi connectivity index (χ1v) is 12.8. The summed E-state index contributed by atoms with van der Waals surface area (Å²) in [5.74, 6) is -2.22. The first kappa shape index (κ1) is 25.2. The Labute approximate surface area is 226 Å². The molecule has 0 spiro atoms. The predicted molar refractivity (Wildman–Crippen MR) is 148 cm³/mol. The van der Waals surface area contributed by atoms with Crippen LogP contribution in [0.1, 0.15) is 21.6 Å². The van der Waals surface area contributed by atoms with Crippen molar-refractivity contribution in [2.45, 2.75) is 13.8 Å². The lowest BCUT2D eigenvalue weighted by atomic mass is 10.2. The molecule has 4 aromatic rings. The Hall–Kier alpha value is -2.95. The van der Waals surface area contributed by atoms with Gasteiger partial charge in [-0.15, -0.1) is 0 Å². The number of carbonyl (C=O) groups excluding carboxylic acids is 3.